The molecule has 0 bridgehead atoms. The van der Waals surface area contributed by atoms with Gasteiger partial charge in [0.25, 0.3) is 5.69 Å². The van der Waals surface area contributed by atoms with Crippen LogP contribution in [0.25, 0.3) is 0 Å². The molecule has 2 rings (SSSR count). The standard InChI is InChI=1S/C14H16N4O3/c1-9-6-10(2)13(7-12(9)18(19)20)21-8-11-4-3-5-16-14(11)17-15/h3-7H,8,15H2,1-2H3,(H,16,17). The lowest BCUT2D eigenvalue weighted by molar-refractivity contribution is -0.385. The number of hydrogen-bond donors (Lipinski definition) is 2. The Kier molecular flexibility index (Phi) is 4.34. The van der Waals surface area contributed by atoms with Crippen molar-refractivity contribution in [2.24, 2.45) is 5.84 Å². The highest BCUT2D eigenvalue weighted by molar-refractivity contribution is 5.50. The van der Waals surface area contributed by atoms with Gasteiger partial charge in [0.2, 0.25) is 0 Å². The van der Waals surface area contributed by atoms with E-state index < -0.39 is 4.92 Å². The number of nitro benzene ring substituents is 1. The summed E-state index contributed by atoms with van der Waals surface area (Å²) >= 11 is 0. The molecule has 1 aromatic carbocycles. The number of aromatic nitrogens is 1. The van der Waals surface area contributed by atoms with Crippen molar-refractivity contribution in [1.29, 1.82) is 0 Å². The normalized spacial score (nSPS) is 10.2. The highest BCUT2D eigenvalue weighted by Crippen LogP contribution is 2.29. The minimum Gasteiger partial charge on any atom is -0.488 e. The van der Waals surface area contributed by atoms with Crippen molar-refractivity contribution in [2.45, 2.75) is 20.5 Å². The molecule has 110 valence electrons. The molecule has 0 saturated carbocycles. The Balaban J connectivity index is 2.24. The van der Waals surface area contributed by atoms with Crippen LogP contribution < -0.4 is 16.0 Å². The number of hydrazine groups is 1. The summed E-state index contributed by atoms with van der Waals surface area (Å²) in [7, 11) is 0. The molecule has 7 nitrogen and oxygen atoms in total. The van der Waals surface area contributed by atoms with E-state index >= 15 is 0 Å². The van der Waals surface area contributed by atoms with E-state index in [9.17, 15) is 10.1 Å². The number of benzene rings is 1. The molecule has 0 fully saturated rings. The molecular weight excluding hydrogens is 272 g/mol. The Hall–Kier alpha value is -2.67. The number of rotatable bonds is 5. The first-order valence-electron chi connectivity index (χ1n) is 6.32. The van der Waals surface area contributed by atoms with E-state index in [2.05, 4.69) is 10.4 Å². The van der Waals surface area contributed by atoms with Crippen molar-refractivity contribution in [3.05, 3.63) is 57.3 Å². The lowest BCUT2D eigenvalue weighted by Crippen LogP contribution is -2.12. The van der Waals surface area contributed by atoms with Crippen LogP contribution in [-0.2, 0) is 6.61 Å². The fraction of sp³-hybridized carbons (Fsp3) is 0.214. The first-order valence-corrected chi connectivity index (χ1v) is 6.32. The van der Waals surface area contributed by atoms with Gasteiger partial charge in [-0.1, -0.05) is 6.07 Å². The molecule has 2 aromatic rings. The summed E-state index contributed by atoms with van der Waals surface area (Å²) in [6, 6.07) is 6.76. The highest BCUT2D eigenvalue weighted by Gasteiger charge is 2.15. The van der Waals surface area contributed by atoms with Crippen LogP contribution >= 0.6 is 0 Å². The van der Waals surface area contributed by atoms with E-state index in [0.717, 1.165) is 11.1 Å². The third-order valence-corrected chi connectivity index (χ3v) is 3.10. The van der Waals surface area contributed by atoms with Gasteiger partial charge in [-0.05, 0) is 31.5 Å². The molecule has 1 heterocycles. The maximum absolute atomic E-state index is 11.0. The lowest BCUT2D eigenvalue weighted by Gasteiger charge is -2.12. The molecule has 21 heavy (non-hydrogen) atoms. The van der Waals surface area contributed by atoms with Gasteiger partial charge < -0.3 is 10.2 Å². The van der Waals surface area contributed by atoms with E-state index in [1.54, 1.807) is 25.3 Å². The van der Waals surface area contributed by atoms with E-state index in [1.165, 1.54) is 6.07 Å². The van der Waals surface area contributed by atoms with Gasteiger partial charge in [0.15, 0.2) is 0 Å². The molecule has 3 N–H and O–H groups in total. The van der Waals surface area contributed by atoms with E-state index in [-0.39, 0.29) is 12.3 Å². The van der Waals surface area contributed by atoms with Crippen LogP contribution in [0.3, 0.4) is 0 Å². The predicted molar refractivity (Wildman–Crippen MR) is 78.9 cm³/mol. The summed E-state index contributed by atoms with van der Waals surface area (Å²) in [4.78, 5) is 14.6. The number of pyridine rings is 1. The van der Waals surface area contributed by atoms with Crippen LogP contribution in [0, 0.1) is 24.0 Å². The molecule has 0 aliphatic rings. The number of nitrogens with two attached hydrogens (primary N) is 1. The number of nitrogen functional groups attached to an aromatic ring is 1. The average Bonchev–Trinajstić information content (AvgIpc) is 2.46. The first kappa shape index (κ1) is 14.7. The van der Waals surface area contributed by atoms with Gasteiger partial charge in [-0.15, -0.1) is 0 Å². The van der Waals surface area contributed by atoms with Gasteiger partial charge in [0.1, 0.15) is 18.2 Å². The molecule has 0 saturated heterocycles. The third kappa shape index (κ3) is 3.26. The molecule has 7 heteroatoms. The summed E-state index contributed by atoms with van der Waals surface area (Å²) in [5, 5.41) is 11.0. The lowest BCUT2D eigenvalue weighted by atomic mass is 10.1. The van der Waals surface area contributed by atoms with Crippen molar-refractivity contribution >= 4 is 11.5 Å². The molecular formula is C14H16N4O3. The summed E-state index contributed by atoms with van der Waals surface area (Å²) in [6.07, 6.45) is 1.61. The molecule has 0 unspecified atom stereocenters. The zero-order valence-corrected chi connectivity index (χ0v) is 11.8. The number of nitrogens with one attached hydrogen (secondary N) is 1. The van der Waals surface area contributed by atoms with Gasteiger partial charge in [-0.3, -0.25) is 10.1 Å². The van der Waals surface area contributed by atoms with Gasteiger partial charge in [-0.25, -0.2) is 10.8 Å². The number of nitro groups is 1. The molecule has 0 amide bonds. The van der Waals surface area contributed by atoms with Crippen LogP contribution in [0.4, 0.5) is 11.5 Å². The Labute approximate surface area is 121 Å². The second-order valence-corrected chi connectivity index (χ2v) is 4.61. The van der Waals surface area contributed by atoms with E-state index in [4.69, 9.17) is 10.6 Å². The monoisotopic (exact) mass is 288 g/mol. The summed E-state index contributed by atoms with van der Waals surface area (Å²) in [5.41, 5.74) is 4.74. The smallest absolute Gasteiger partial charge is 0.276 e. The van der Waals surface area contributed by atoms with Gasteiger partial charge in [-0.2, -0.15) is 0 Å². The summed E-state index contributed by atoms with van der Waals surface area (Å²) < 4.78 is 5.67. The Bertz CT molecular complexity index is 673. The van der Waals surface area contributed by atoms with Crippen molar-refractivity contribution in [1.82, 2.24) is 4.98 Å². The van der Waals surface area contributed by atoms with Crippen LogP contribution in [0.15, 0.2) is 30.5 Å². The SMILES string of the molecule is Cc1cc(C)c([N+](=O)[O-])cc1OCc1cccnc1NN. The van der Waals surface area contributed by atoms with E-state index in [0.29, 0.717) is 17.1 Å². The number of ether oxygens (including phenoxy) is 1. The van der Waals surface area contributed by atoms with Crippen molar-refractivity contribution in [3.63, 3.8) is 0 Å². The zero-order valence-electron chi connectivity index (χ0n) is 11.8. The minimum absolute atomic E-state index is 0.0407. The fourth-order valence-corrected chi connectivity index (χ4v) is 2.01. The molecule has 0 spiro atoms. The van der Waals surface area contributed by atoms with Crippen LogP contribution in [0.5, 0.6) is 5.75 Å². The number of anilines is 1. The minimum atomic E-state index is -0.418. The highest BCUT2D eigenvalue weighted by atomic mass is 16.6. The van der Waals surface area contributed by atoms with Crippen LogP contribution in [0.1, 0.15) is 16.7 Å². The summed E-state index contributed by atoms with van der Waals surface area (Å²) in [6.45, 7) is 3.76. The van der Waals surface area contributed by atoms with Gasteiger partial charge in [0, 0.05) is 17.3 Å². The largest absolute Gasteiger partial charge is 0.488 e. The van der Waals surface area contributed by atoms with Crippen LogP contribution in [-0.4, -0.2) is 9.91 Å². The van der Waals surface area contributed by atoms with Gasteiger partial charge >= 0.3 is 0 Å². The first-order chi connectivity index (χ1) is 10.0. The molecule has 0 aliphatic carbocycles. The number of aryl methyl sites for hydroxylation is 2. The third-order valence-electron chi connectivity index (χ3n) is 3.10. The number of hydrogen-bond acceptors (Lipinski definition) is 6. The Morgan fingerprint density at radius 2 is 2.14 bits per heavy atom. The molecule has 1 aromatic heterocycles. The molecule has 0 atom stereocenters. The maximum atomic E-state index is 11.0. The Morgan fingerprint density at radius 3 is 2.81 bits per heavy atom. The van der Waals surface area contributed by atoms with Crippen molar-refractivity contribution in [3.8, 4) is 5.75 Å². The second kappa shape index (κ2) is 6.19. The maximum Gasteiger partial charge on any atom is 0.276 e. The van der Waals surface area contributed by atoms with Crippen molar-refractivity contribution in [2.75, 3.05) is 5.43 Å². The van der Waals surface area contributed by atoms with Crippen molar-refractivity contribution < 1.29 is 9.66 Å². The Morgan fingerprint density at radius 1 is 1.38 bits per heavy atom. The average molecular weight is 288 g/mol. The molecule has 0 radical (unpaired) electrons. The second-order valence-electron chi connectivity index (χ2n) is 4.61. The van der Waals surface area contributed by atoms with Crippen LogP contribution in [0.2, 0.25) is 0 Å². The predicted octanol–water partition coefficient (Wildman–Crippen LogP) is 2.47. The summed E-state index contributed by atoms with van der Waals surface area (Å²) in [5.74, 6) is 6.36. The quantitative estimate of drug-likeness (QED) is 0.497. The topological polar surface area (TPSA) is 103 Å². The molecule has 0 aliphatic heterocycles. The zero-order chi connectivity index (χ0) is 15.4. The number of nitrogens with zero attached hydrogens (tertiary/aromatic N) is 2. The fourth-order valence-electron chi connectivity index (χ4n) is 2.01. The van der Waals surface area contributed by atoms with Gasteiger partial charge in [0.05, 0.1) is 11.0 Å². The van der Waals surface area contributed by atoms with E-state index in [1.807, 2.05) is 13.0 Å².